The van der Waals surface area contributed by atoms with Gasteiger partial charge in [-0.15, -0.1) is 0 Å². The number of ether oxygens (including phenoxy) is 1. The van der Waals surface area contributed by atoms with Crippen LogP contribution in [0.3, 0.4) is 0 Å². The van der Waals surface area contributed by atoms with Gasteiger partial charge in [-0.2, -0.15) is 0 Å². The summed E-state index contributed by atoms with van der Waals surface area (Å²) < 4.78 is 11.4. The highest BCUT2D eigenvalue weighted by molar-refractivity contribution is 6.47. The lowest BCUT2D eigenvalue weighted by Crippen LogP contribution is -2.28. The predicted octanol–water partition coefficient (Wildman–Crippen LogP) is 2.14. The van der Waals surface area contributed by atoms with Gasteiger partial charge in [0.15, 0.2) is 9.76 Å². The van der Waals surface area contributed by atoms with Crippen molar-refractivity contribution in [2.75, 3.05) is 6.61 Å². The number of aryl methyl sites for hydroxylation is 1. The maximum atomic E-state index is 5.92. The molecule has 0 radical (unpaired) electrons. The second-order valence-corrected chi connectivity index (χ2v) is 5.51. The van der Waals surface area contributed by atoms with Crippen LogP contribution in [0.2, 0.25) is 0 Å². The summed E-state index contributed by atoms with van der Waals surface area (Å²) in [6, 6.07) is 8.64. The van der Waals surface area contributed by atoms with E-state index >= 15 is 0 Å². The Balaban J connectivity index is 2.55. The van der Waals surface area contributed by atoms with Crippen LogP contribution in [0.5, 0.6) is 0 Å². The molecule has 3 heteroatoms. The highest BCUT2D eigenvalue weighted by Crippen LogP contribution is 2.03. The summed E-state index contributed by atoms with van der Waals surface area (Å²) in [5.74, 6) is 0. The van der Waals surface area contributed by atoms with Crippen molar-refractivity contribution in [1.29, 1.82) is 0 Å². The summed E-state index contributed by atoms with van der Waals surface area (Å²) in [7, 11) is -0.664. The van der Waals surface area contributed by atoms with E-state index in [1.165, 1.54) is 17.2 Å². The minimum absolute atomic E-state index is 0.0126. The molecule has 0 bridgehead atoms. The molecule has 0 aliphatic heterocycles. The molecule has 96 valence electrons. The first-order valence-corrected chi connectivity index (χ1v) is 7.90. The second kappa shape index (κ2) is 8.45. The molecule has 2 nitrogen and oxygen atoms in total. The van der Waals surface area contributed by atoms with E-state index in [2.05, 4.69) is 38.1 Å². The molecule has 0 fully saturated rings. The van der Waals surface area contributed by atoms with Crippen molar-refractivity contribution >= 4 is 14.9 Å². The van der Waals surface area contributed by atoms with Gasteiger partial charge in [0.05, 0.1) is 0 Å². The van der Waals surface area contributed by atoms with E-state index in [9.17, 15) is 0 Å². The highest BCUT2D eigenvalue weighted by Gasteiger charge is 2.08. The largest absolute Gasteiger partial charge is 0.394 e. The Labute approximate surface area is 107 Å². The first-order valence-electron chi connectivity index (χ1n) is 6.61. The molecule has 0 spiro atoms. The number of rotatable bonds is 8. The summed E-state index contributed by atoms with van der Waals surface area (Å²) >= 11 is 0. The number of benzene rings is 1. The van der Waals surface area contributed by atoms with Gasteiger partial charge in [0.25, 0.3) is 0 Å². The lowest BCUT2D eigenvalue weighted by molar-refractivity contribution is -0.0748. The van der Waals surface area contributed by atoms with Crippen LogP contribution in [0.15, 0.2) is 24.3 Å². The van der Waals surface area contributed by atoms with Crippen LogP contribution in [0.1, 0.15) is 39.2 Å². The van der Waals surface area contributed by atoms with Gasteiger partial charge in [0.1, 0.15) is 6.29 Å². The third kappa shape index (κ3) is 5.02. The Morgan fingerprint density at radius 2 is 1.94 bits per heavy atom. The zero-order chi connectivity index (χ0) is 12.5. The van der Waals surface area contributed by atoms with E-state index in [-0.39, 0.29) is 6.29 Å². The van der Waals surface area contributed by atoms with Gasteiger partial charge < -0.3 is 9.16 Å². The third-order valence-electron chi connectivity index (χ3n) is 2.75. The second-order valence-electron chi connectivity index (χ2n) is 4.12. The highest BCUT2D eigenvalue weighted by atomic mass is 28.2. The van der Waals surface area contributed by atoms with Crippen LogP contribution in [0, 0.1) is 0 Å². The molecule has 0 saturated carbocycles. The van der Waals surface area contributed by atoms with Gasteiger partial charge >= 0.3 is 0 Å². The molecule has 0 aliphatic rings. The van der Waals surface area contributed by atoms with Gasteiger partial charge in [-0.1, -0.05) is 44.5 Å². The summed E-state index contributed by atoms with van der Waals surface area (Å²) in [6.45, 7) is 7.06. The topological polar surface area (TPSA) is 18.5 Å². The van der Waals surface area contributed by atoms with Crippen LogP contribution in [0.25, 0.3) is 0 Å². The van der Waals surface area contributed by atoms with Gasteiger partial charge in [-0.3, -0.25) is 0 Å². The summed E-state index contributed by atoms with van der Waals surface area (Å²) in [6.07, 6.45) is 3.25. The van der Waals surface area contributed by atoms with Gasteiger partial charge in [0, 0.05) is 6.61 Å². The molecule has 0 heterocycles. The van der Waals surface area contributed by atoms with Crippen LogP contribution in [-0.2, 0) is 15.6 Å². The fourth-order valence-corrected chi connectivity index (χ4v) is 3.27. The van der Waals surface area contributed by atoms with Crippen molar-refractivity contribution in [3.05, 3.63) is 29.8 Å². The lowest BCUT2D eigenvalue weighted by atomic mass is 10.1. The fraction of sp³-hybridized carbons (Fsp3) is 0.571. The van der Waals surface area contributed by atoms with Crippen molar-refractivity contribution in [2.45, 2.75) is 46.3 Å². The molecule has 0 aliphatic carbocycles. The molecule has 1 unspecified atom stereocenters. The van der Waals surface area contributed by atoms with Gasteiger partial charge in [-0.05, 0) is 30.5 Å². The average molecular weight is 252 g/mol. The predicted molar refractivity (Wildman–Crippen MR) is 75.4 cm³/mol. The van der Waals surface area contributed by atoms with E-state index in [0.717, 1.165) is 19.4 Å². The summed E-state index contributed by atoms with van der Waals surface area (Å²) in [5.41, 5.74) is 1.45. The molecule has 1 atom stereocenters. The number of hydrogen-bond acceptors (Lipinski definition) is 2. The summed E-state index contributed by atoms with van der Waals surface area (Å²) in [4.78, 5) is 0. The maximum Gasteiger partial charge on any atom is 0.196 e. The standard InChI is InChI=1S/C14H24O2Si/c1-4-9-12-10-7-8-11-13(12)17-16-14(5-2)15-6-3/h7-8,10-11,14H,4-6,9,17H2,1-3H3. The minimum Gasteiger partial charge on any atom is -0.394 e. The lowest BCUT2D eigenvalue weighted by Gasteiger charge is -2.17. The fourth-order valence-electron chi connectivity index (χ4n) is 1.86. The quantitative estimate of drug-likeness (QED) is 0.521. The Kier molecular flexibility index (Phi) is 7.16. The van der Waals surface area contributed by atoms with Crippen molar-refractivity contribution < 1.29 is 9.16 Å². The molecule has 1 aromatic carbocycles. The zero-order valence-electron chi connectivity index (χ0n) is 11.2. The molecular formula is C14H24O2Si. The Bertz CT molecular complexity index is 315. The molecule has 0 saturated heterocycles. The zero-order valence-corrected chi connectivity index (χ0v) is 12.7. The minimum atomic E-state index is -0.664. The molecule has 0 aromatic heterocycles. The normalized spacial score (nSPS) is 13.4. The Hall–Kier alpha value is -0.643. The van der Waals surface area contributed by atoms with E-state index in [0.29, 0.717) is 0 Å². The SMILES string of the molecule is CCCc1ccccc1[SiH2]OC(CC)OCC. The summed E-state index contributed by atoms with van der Waals surface area (Å²) in [5, 5.41) is 1.42. The molecule has 1 rings (SSSR count). The first-order chi connectivity index (χ1) is 8.31. The van der Waals surface area contributed by atoms with Crippen molar-refractivity contribution in [2.24, 2.45) is 0 Å². The van der Waals surface area contributed by atoms with Crippen molar-refractivity contribution in [3.8, 4) is 0 Å². The van der Waals surface area contributed by atoms with E-state index < -0.39 is 9.76 Å². The van der Waals surface area contributed by atoms with Crippen LogP contribution < -0.4 is 5.19 Å². The molecule has 0 N–H and O–H groups in total. The van der Waals surface area contributed by atoms with Gasteiger partial charge in [-0.25, -0.2) is 0 Å². The molecule has 1 aromatic rings. The van der Waals surface area contributed by atoms with Crippen molar-refractivity contribution in [1.82, 2.24) is 0 Å². The van der Waals surface area contributed by atoms with Crippen LogP contribution >= 0.6 is 0 Å². The van der Waals surface area contributed by atoms with E-state index in [4.69, 9.17) is 9.16 Å². The Morgan fingerprint density at radius 1 is 1.18 bits per heavy atom. The monoisotopic (exact) mass is 252 g/mol. The Morgan fingerprint density at radius 3 is 2.59 bits per heavy atom. The molecular weight excluding hydrogens is 228 g/mol. The van der Waals surface area contributed by atoms with E-state index in [1.807, 2.05) is 6.92 Å². The molecule has 17 heavy (non-hydrogen) atoms. The smallest absolute Gasteiger partial charge is 0.196 e. The molecule has 0 amide bonds. The third-order valence-corrected chi connectivity index (χ3v) is 4.29. The van der Waals surface area contributed by atoms with Gasteiger partial charge in [0.2, 0.25) is 0 Å². The maximum absolute atomic E-state index is 5.92. The first kappa shape index (κ1) is 14.4. The van der Waals surface area contributed by atoms with Crippen molar-refractivity contribution in [3.63, 3.8) is 0 Å². The van der Waals surface area contributed by atoms with Crippen LogP contribution in [-0.4, -0.2) is 22.7 Å². The van der Waals surface area contributed by atoms with Crippen LogP contribution in [0.4, 0.5) is 0 Å². The number of hydrogen-bond donors (Lipinski definition) is 0. The average Bonchev–Trinajstić information content (AvgIpc) is 2.36. The van der Waals surface area contributed by atoms with E-state index in [1.54, 1.807) is 0 Å².